The molecule has 0 amide bonds. The molecule has 2 rings (SSSR count). The molecule has 0 fully saturated rings. The van der Waals surface area contributed by atoms with Gasteiger partial charge in [-0.2, -0.15) is 0 Å². The number of aryl methyl sites for hydroxylation is 1. The van der Waals surface area contributed by atoms with Gasteiger partial charge in [0.2, 0.25) is 0 Å². The Bertz CT molecular complexity index is 552. The van der Waals surface area contributed by atoms with E-state index in [0.717, 1.165) is 30.3 Å². The van der Waals surface area contributed by atoms with E-state index >= 15 is 0 Å². The highest BCUT2D eigenvalue weighted by atomic mass is 16.5. The second-order valence-electron chi connectivity index (χ2n) is 5.16. The lowest BCUT2D eigenvalue weighted by Crippen LogP contribution is -2.11. The third kappa shape index (κ3) is 6.61. The predicted molar refractivity (Wildman–Crippen MR) is 93.6 cm³/mol. The van der Waals surface area contributed by atoms with Gasteiger partial charge in [-0.15, -0.1) is 0 Å². The van der Waals surface area contributed by atoms with Crippen molar-refractivity contribution in [1.82, 2.24) is 0 Å². The maximum atomic E-state index is 5.68. The van der Waals surface area contributed by atoms with Crippen molar-refractivity contribution in [2.75, 3.05) is 38.3 Å². The molecular formula is C19H25NO3. The highest BCUT2D eigenvalue weighted by molar-refractivity contribution is 5.46. The van der Waals surface area contributed by atoms with Gasteiger partial charge in [-0.1, -0.05) is 17.7 Å². The van der Waals surface area contributed by atoms with Crippen molar-refractivity contribution in [2.45, 2.75) is 13.8 Å². The summed E-state index contributed by atoms with van der Waals surface area (Å²) in [7, 11) is 0. The van der Waals surface area contributed by atoms with Crippen LogP contribution < -0.4 is 14.8 Å². The molecule has 0 saturated carbocycles. The molecule has 2 aromatic carbocycles. The number of anilines is 1. The highest BCUT2D eigenvalue weighted by Gasteiger charge is 1.97. The van der Waals surface area contributed by atoms with E-state index in [1.807, 2.05) is 55.5 Å². The third-order valence-corrected chi connectivity index (χ3v) is 3.28. The zero-order chi connectivity index (χ0) is 16.3. The number of nitrogens with one attached hydrogen (secondary N) is 1. The Morgan fingerprint density at radius 3 is 2.04 bits per heavy atom. The second kappa shape index (κ2) is 9.74. The van der Waals surface area contributed by atoms with Crippen LogP contribution in [0, 0.1) is 6.92 Å². The molecule has 4 nitrogen and oxygen atoms in total. The van der Waals surface area contributed by atoms with Gasteiger partial charge < -0.3 is 19.5 Å². The summed E-state index contributed by atoms with van der Waals surface area (Å²) in [5.41, 5.74) is 2.29. The summed E-state index contributed by atoms with van der Waals surface area (Å²) in [6.07, 6.45) is 0. The smallest absolute Gasteiger partial charge is 0.119 e. The van der Waals surface area contributed by atoms with Gasteiger partial charge >= 0.3 is 0 Å². The quantitative estimate of drug-likeness (QED) is 0.675. The number of ether oxygens (including phenoxy) is 3. The molecule has 0 unspecified atom stereocenters. The van der Waals surface area contributed by atoms with Crippen molar-refractivity contribution in [3.05, 3.63) is 54.1 Å². The lowest BCUT2D eigenvalue weighted by atomic mass is 10.2. The summed E-state index contributed by atoms with van der Waals surface area (Å²) in [5.74, 6) is 1.75. The van der Waals surface area contributed by atoms with E-state index in [1.54, 1.807) is 0 Å². The zero-order valence-electron chi connectivity index (χ0n) is 13.9. The molecule has 0 aliphatic rings. The SMILES string of the molecule is CCOCCOc1ccc(NCCOc2ccc(C)cc2)cc1. The minimum absolute atomic E-state index is 0.574. The first-order valence-corrected chi connectivity index (χ1v) is 8.02. The van der Waals surface area contributed by atoms with Crippen LogP contribution in [0.15, 0.2) is 48.5 Å². The van der Waals surface area contributed by atoms with Crippen LogP contribution in [-0.4, -0.2) is 33.0 Å². The summed E-state index contributed by atoms with van der Waals surface area (Å²) in [6.45, 7) is 7.32. The maximum absolute atomic E-state index is 5.68. The molecular weight excluding hydrogens is 290 g/mol. The highest BCUT2D eigenvalue weighted by Crippen LogP contribution is 2.15. The van der Waals surface area contributed by atoms with Gasteiger partial charge in [-0.05, 0) is 50.2 Å². The van der Waals surface area contributed by atoms with Crippen LogP contribution in [0.5, 0.6) is 11.5 Å². The third-order valence-electron chi connectivity index (χ3n) is 3.28. The van der Waals surface area contributed by atoms with Crippen LogP contribution in [0.2, 0.25) is 0 Å². The zero-order valence-corrected chi connectivity index (χ0v) is 13.9. The van der Waals surface area contributed by atoms with Gasteiger partial charge in [0, 0.05) is 18.8 Å². The first-order chi connectivity index (χ1) is 11.3. The van der Waals surface area contributed by atoms with E-state index in [2.05, 4.69) is 12.2 Å². The van der Waals surface area contributed by atoms with Crippen LogP contribution in [0.25, 0.3) is 0 Å². The Labute approximate surface area is 138 Å². The number of benzene rings is 2. The van der Waals surface area contributed by atoms with Gasteiger partial charge in [-0.3, -0.25) is 0 Å². The van der Waals surface area contributed by atoms with E-state index in [0.29, 0.717) is 19.8 Å². The fraction of sp³-hybridized carbons (Fsp3) is 0.368. The van der Waals surface area contributed by atoms with Crippen LogP contribution in [0.1, 0.15) is 12.5 Å². The van der Waals surface area contributed by atoms with Gasteiger partial charge in [-0.25, -0.2) is 0 Å². The molecule has 0 spiro atoms. The van der Waals surface area contributed by atoms with Gasteiger partial charge in [0.05, 0.1) is 6.61 Å². The van der Waals surface area contributed by atoms with Gasteiger partial charge in [0.15, 0.2) is 0 Å². The molecule has 124 valence electrons. The predicted octanol–water partition coefficient (Wildman–Crippen LogP) is 3.90. The van der Waals surface area contributed by atoms with E-state index in [9.17, 15) is 0 Å². The van der Waals surface area contributed by atoms with E-state index in [1.165, 1.54) is 5.56 Å². The van der Waals surface area contributed by atoms with Crippen molar-refractivity contribution >= 4 is 5.69 Å². The molecule has 0 aromatic heterocycles. The molecule has 0 bridgehead atoms. The Morgan fingerprint density at radius 2 is 1.39 bits per heavy atom. The summed E-state index contributed by atoms with van der Waals surface area (Å²) in [5, 5.41) is 3.32. The molecule has 2 aromatic rings. The topological polar surface area (TPSA) is 39.7 Å². The van der Waals surface area contributed by atoms with Crippen LogP contribution in [0.3, 0.4) is 0 Å². The largest absolute Gasteiger partial charge is 0.492 e. The molecule has 1 N–H and O–H groups in total. The van der Waals surface area contributed by atoms with E-state index < -0.39 is 0 Å². The minimum atomic E-state index is 0.574. The van der Waals surface area contributed by atoms with Crippen molar-refractivity contribution in [1.29, 1.82) is 0 Å². The Balaban J connectivity index is 1.64. The monoisotopic (exact) mass is 315 g/mol. The van der Waals surface area contributed by atoms with Crippen molar-refractivity contribution in [2.24, 2.45) is 0 Å². The van der Waals surface area contributed by atoms with Crippen LogP contribution >= 0.6 is 0 Å². The molecule has 0 heterocycles. The summed E-state index contributed by atoms with van der Waals surface area (Å²) in [4.78, 5) is 0. The normalized spacial score (nSPS) is 10.3. The van der Waals surface area contributed by atoms with Crippen LogP contribution in [0.4, 0.5) is 5.69 Å². The summed E-state index contributed by atoms with van der Waals surface area (Å²) < 4.78 is 16.5. The molecule has 0 atom stereocenters. The lowest BCUT2D eigenvalue weighted by molar-refractivity contribution is 0.110. The molecule has 23 heavy (non-hydrogen) atoms. The second-order valence-corrected chi connectivity index (χ2v) is 5.16. The molecule has 0 aliphatic heterocycles. The molecule has 0 aliphatic carbocycles. The first-order valence-electron chi connectivity index (χ1n) is 8.02. The van der Waals surface area contributed by atoms with Gasteiger partial charge in [0.1, 0.15) is 24.7 Å². The molecule has 0 saturated heterocycles. The van der Waals surface area contributed by atoms with Crippen LogP contribution in [-0.2, 0) is 4.74 Å². The Hall–Kier alpha value is -2.20. The number of rotatable bonds is 10. The van der Waals surface area contributed by atoms with Crippen molar-refractivity contribution in [3.63, 3.8) is 0 Å². The van der Waals surface area contributed by atoms with Crippen molar-refractivity contribution < 1.29 is 14.2 Å². The maximum Gasteiger partial charge on any atom is 0.119 e. The fourth-order valence-corrected chi connectivity index (χ4v) is 2.03. The minimum Gasteiger partial charge on any atom is -0.492 e. The summed E-state index contributed by atoms with van der Waals surface area (Å²) in [6, 6.07) is 16.0. The Morgan fingerprint density at radius 1 is 0.783 bits per heavy atom. The lowest BCUT2D eigenvalue weighted by Gasteiger charge is -2.10. The Kier molecular flexibility index (Phi) is 7.27. The number of hydrogen-bond donors (Lipinski definition) is 1. The van der Waals surface area contributed by atoms with E-state index in [-0.39, 0.29) is 0 Å². The van der Waals surface area contributed by atoms with Crippen molar-refractivity contribution in [3.8, 4) is 11.5 Å². The number of hydrogen-bond acceptors (Lipinski definition) is 4. The first kappa shape index (κ1) is 17.2. The summed E-state index contributed by atoms with van der Waals surface area (Å²) >= 11 is 0. The molecule has 4 heteroatoms. The molecule has 0 radical (unpaired) electrons. The standard InChI is InChI=1S/C19H25NO3/c1-3-21-14-15-23-19-10-6-17(7-11-19)20-12-13-22-18-8-4-16(2)5-9-18/h4-11,20H,3,12-15H2,1-2H3. The van der Waals surface area contributed by atoms with E-state index in [4.69, 9.17) is 14.2 Å². The fourth-order valence-electron chi connectivity index (χ4n) is 2.03. The van der Waals surface area contributed by atoms with Gasteiger partial charge in [0.25, 0.3) is 0 Å². The average molecular weight is 315 g/mol. The average Bonchev–Trinajstić information content (AvgIpc) is 2.58.